The molecule has 1 unspecified atom stereocenters. The number of hydrogen-bond acceptors (Lipinski definition) is 3. The van der Waals surface area contributed by atoms with E-state index in [1.807, 2.05) is 0 Å². The van der Waals surface area contributed by atoms with Crippen LogP contribution in [0.2, 0.25) is 0 Å². The fourth-order valence-electron chi connectivity index (χ4n) is 2.52. The summed E-state index contributed by atoms with van der Waals surface area (Å²) < 4.78 is 0. The summed E-state index contributed by atoms with van der Waals surface area (Å²) in [5.74, 6) is -1.10. The molecule has 21 heavy (non-hydrogen) atoms. The van der Waals surface area contributed by atoms with Crippen LogP contribution in [0.3, 0.4) is 0 Å². The van der Waals surface area contributed by atoms with E-state index in [2.05, 4.69) is 5.32 Å². The van der Waals surface area contributed by atoms with Gasteiger partial charge in [0.25, 0.3) is 0 Å². The molecule has 1 atom stereocenters. The fourth-order valence-corrected chi connectivity index (χ4v) is 2.52. The molecule has 0 saturated heterocycles. The molecule has 3 rings (SSSR count). The summed E-state index contributed by atoms with van der Waals surface area (Å²) in [4.78, 5) is 34.0. The number of nitrogens with one attached hydrogen (secondary N) is 1. The minimum atomic E-state index is -0.506. The van der Waals surface area contributed by atoms with Crippen LogP contribution in [-0.2, 0) is 4.79 Å². The predicted octanol–water partition coefficient (Wildman–Crippen LogP) is 1.68. The molecule has 2 aromatic rings. The van der Waals surface area contributed by atoms with E-state index in [1.165, 1.54) is 0 Å². The lowest BCUT2D eigenvalue weighted by atomic mass is 9.91. The van der Waals surface area contributed by atoms with Crippen LogP contribution in [0.15, 0.2) is 42.5 Å². The number of carbonyl (C=O) groups is 3. The maximum absolute atomic E-state index is 12.2. The quantitative estimate of drug-likeness (QED) is 0.838. The molecule has 5 heteroatoms. The molecule has 0 bridgehead atoms. The Labute approximate surface area is 120 Å². The minimum Gasteiger partial charge on any atom is -0.366 e. The SMILES string of the molecule is NC(=O)c1ccc(C2C(=O)Nc3cc(C=O)ccc32)cc1. The van der Waals surface area contributed by atoms with E-state index in [-0.39, 0.29) is 5.91 Å². The van der Waals surface area contributed by atoms with Gasteiger partial charge in [0.1, 0.15) is 6.29 Å². The van der Waals surface area contributed by atoms with Crippen molar-refractivity contribution < 1.29 is 14.4 Å². The Balaban J connectivity index is 2.02. The van der Waals surface area contributed by atoms with Crippen LogP contribution in [0.25, 0.3) is 0 Å². The molecule has 0 spiro atoms. The van der Waals surface area contributed by atoms with E-state index in [9.17, 15) is 14.4 Å². The summed E-state index contributed by atoms with van der Waals surface area (Å²) in [6.07, 6.45) is 0.738. The Kier molecular flexibility index (Phi) is 3.02. The first kappa shape index (κ1) is 13.1. The third kappa shape index (κ3) is 2.18. The normalized spacial score (nSPS) is 16.2. The average Bonchev–Trinajstić information content (AvgIpc) is 2.82. The second kappa shape index (κ2) is 4.86. The summed E-state index contributed by atoms with van der Waals surface area (Å²) >= 11 is 0. The third-order valence-electron chi connectivity index (χ3n) is 3.57. The van der Waals surface area contributed by atoms with E-state index in [4.69, 9.17) is 5.73 Å². The van der Waals surface area contributed by atoms with Gasteiger partial charge < -0.3 is 11.1 Å². The maximum Gasteiger partial charge on any atom is 0.248 e. The highest BCUT2D eigenvalue weighted by molar-refractivity contribution is 6.05. The second-order valence-corrected chi connectivity index (χ2v) is 4.87. The van der Waals surface area contributed by atoms with Gasteiger partial charge in [-0.1, -0.05) is 24.3 Å². The zero-order valence-electron chi connectivity index (χ0n) is 11.0. The first-order valence-corrected chi connectivity index (χ1v) is 6.40. The molecule has 0 fully saturated rings. The smallest absolute Gasteiger partial charge is 0.248 e. The number of aldehydes is 1. The van der Waals surface area contributed by atoms with Crippen molar-refractivity contribution in [3.63, 3.8) is 0 Å². The van der Waals surface area contributed by atoms with Gasteiger partial charge in [-0.2, -0.15) is 0 Å². The van der Waals surface area contributed by atoms with Gasteiger partial charge in [-0.15, -0.1) is 0 Å². The first-order valence-electron chi connectivity index (χ1n) is 6.40. The van der Waals surface area contributed by atoms with Crippen LogP contribution in [-0.4, -0.2) is 18.1 Å². The van der Waals surface area contributed by atoms with Crippen LogP contribution in [0.4, 0.5) is 5.69 Å². The number of anilines is 1. The zero-order chi connectivity index (χ0) is 15.0. The Bertz CT molecular complexity index is 751. The minimum absolute atomic E-state index is 0.153. The number of benzene rings is 2. The molecule has 104 valence electrons. The van der Waals surface area contributed by atoms with Gasteiger partial charge in [-0.05, 0) is 29.3 Å². The van der Waals surface area contributed by atoms with Crippen molar-refractivity contribution in [2.75, 3.05) is 5.32 Å². The summed E-state index contributed by atoms with van der Waals surface area (Å²) in [5.41, 5.74) is 8.35. The van der Waals surface area contributed by atoms with Crippen LogP contribution >= 0.6 is 0 Å². The van der Waals surface area contributed by atoms with E-state index >= 15 is 0 Å². The molecule has 2 amide bonds. The van der Waals surface area contributed by atoms with Gasteiger partial charge in [0.15, 0.2) is 0 Å². The number of primary amides is 1. The summed E-state index contributed by atoms with van der Waals surface area (Å²) in [6, 6.07) is 11.7. The molecule has 3 N–H and O–H groups in total. The highest BCUT2D eigenvalue weighted by Crippen LogP contribution is 2.37. The summed E-state index contributed by atoms with van der Waals surface area (Å²) in [6.45, 7) is 0. The van der Waals surface area contributed by atoms with Crippen molar-refractivity contribution >= 4 is 23.8 Å². The van der Waals surface area contributed by atoms with Crippen molar-refractivity contribution in [3.05, 3.63) is 64.7 Å². The van der Waals surface area contributed by atoms with Crippen molar-refractivity contribution in [3.8, 4) is 0 Å². The van der Waals surface area contributed by atoms with Gasteiger partial charge >= 0.3 is 0 Å². The number of fused-ring (bicyclic) bond motifs is 1. The van der Waals surface area contributed by atoms with Crippen molar-refractivity contribution in [2.24, 2.45) is 5.73 Å². The molecule has 5 nitrogen and oxygen atoms in total. The van der Waals surface area contributed by atoms with Crippen molar-refractivity contribution in [2.45, 2.75) is 5.92 Å². The highest BCUT2D eigenvalue weighted by Gasteiger charge is 2.31. The Morgan fingerprint density at radius 1 is 1.14 bits per heavy atom. The summed E-state index contributed by atoms with van der Waals surface area (Å²) in [7, 11) is 0. The lowest BCUT2D eigenvalue weighted by molar-refractivity contribution is -0.116. The fraction of sp³-hybridized carbons (Fsp3) is 0.0625. The maximum atomic E-state index is 12.2. The van der Waals surface area contributed by atoms with E-state index in [1.54, 1.807) is 42.5 Å². The van der Waals surface area contributed by atoms with Gasteiger partial charge in [-0.3, -0.25) is 14.4 Å². The third-order valence-corrected chi connectivity index (χ3v) is 3.57. The van der Waals surface area contributed by atoms with Crippen molar-refractivity contribution in [1.29, 1.82) is 0 Å². The van der Waals surface area contributed by atoms with Crippen LogP contribution in [0.5, 0.6) is 0 Å². The van der Waals surface area contributed by atoms with E-state index in [0.29, 0.717) is 16.8 Å². The molecule has 0 saturated carbocycles. The average molecular weight is 280 g/mol. The van der Waals surface area contributed by atoms with Gasteiger partial charge in [0.05, 0.1) is 5.92 Å². The topological polar surface area (TPSA) is 89.3 Å². The van der Waals surface area contributed by atoms with Crippen molar-refractivity contribution in [1.82, 2.24) is 0 Å². The standard InChI is InChI=1S/C16H12N2O3/c17-15(20)11-4-2-10(3-5-11)14-12-6-1-9(8-19)7-13(12)18-16(14)21/h1-8,14H,(H2,17,20)(H,18,21). The molecular weight excluding hydrogens is 268 g/mol. The van der Waals surface area contributed by atoms with E-state index in [0.717, 1.165) is 17.4 Å². The Hall–Kier alpha value is -2.95. The van der Waals surface area contributed by atoms with Crippen LogP contribution in [0, 0.1) is 0 Å². The molecule has 1 aliphatic heterocycles. The lowest BCUT2D eigenvalue weighted by Gasteiger charge is -2.09. The largest absolute Gasteiger partial charge is 0.366 e. The molecule has 1 aliphatic rings. The predicted molar refractivity (Wildman–Crippen MR) is 77.3 cm³/mol. The molecule has 0 radical (unpaired) electrons. The van der Waals surface area contributed by atoms with Crippen LogP contribution < -0.4 is 11.1 Å². The van der Waals surface area contributed by atoms with E-state index < -0.39 is 11.8 Å². The number of hydrogen-bond donors (Lipinski definition) is 2. The molecule has 0 aliphatic carbocycles. The highest BCUT2D eigenvalue weighted by atomic mass is 16.2. The monoisotopic (exact) mass is 280 g/mol. The Morgan fingerprint density at radius 3 is 2.48 bits per heavy atom. The second-order valence-electron chi connectivity index (χ2n) is 4.87. The first-order chi connectivity index (χ1) is 10.1. The van der Waals surface area contributed by atoms with Gasteiger partial charge in [-0.25, -0.2) is 0 Å². The summed E-state index contributed by atoms with van der Waals surface area (Å²) in [5, 5.41) is 2.77. The molecular formula is C16H12N2O3. The number of nitrogens with two attached hydrogens (primary N) is 1. The zero-order valence-corrected chi connectivity index (χ0v) is 11.0. The van der Waals surface area contributed by atoms with Gasteiger partial charge in [0, 0.05) is 16.8 Å². The number of rotatable bonds is 3. The molecule has 1 heterocycles. The Morgan fingerprint density at radius 2 is 1.86 bits per heavy atom. The molecule has 0 aromatic heterocycles. The van der Waals surface area contributed by atoms with Crippen LogP contribution in [0.1, 0.15) is 37.8 Å². The molecule has 2 aromatic carbocycles. The lowest BCUT2D eigenvalue weighted by Crippen LogP contribution is -2.14. The number of amides is 2. The number of carbonyl (C=O) groups excluding carboxylic acids is 3. The van der Waals surface area contributed by atoms with Gasteiger partial charge in [0.2, 0.25) is 11.8 Å².